The zero-order chi connectivity index (χ0) is 14.4. The van der Waals surface area contributed by atoms with Crippen molar-refractivity contribution in [1.29, 1.82) is 0 Å². The quantitative estimate of drug-likeness (QED) is 0.837. The first-order valence-electron chi connectivity index (χ1n) is 7.56. The lowest BCUT2D eigenvalue weighted by atomic mass is 9.80. The van der Waals surface area contributed by atoms with Crippen LogP contribution in [0.3, 0.4) is 0 Å². The van der Waals surface area contributed by atoms with Gasteiger partial charge >= 0.3 is 0 Å². The van der Waals surface area contributed by atoms with Gasteiger partial charge in [0.15, 0.2) is 0 Å². The Hall–Kier alpha value is -1.36. The SMILES string of the molecule is CCOc1cc(C)nc(NCC2CCCCC2CO)n1. The van der Waals surface area contributed by atoms with Crippen molar-refractivity contribution in [3.8, 4) is 5.88 Å². The van der Waals surface area contributed by atoms with Gasteiger partial charge in [0.1, 0.15) is 0 Å². The predicted molar refractivity (Wildman–Crippen MR) is 79.0 cm³/mol. The van der Waals surface area contributed by atoms with E-state index < -0.39 is 0 Å². The van der Waals surface area contributed by atoms with E-state index in [1.165, 1.54) is 19.3 Å². The number of aromatic nitrogens is 2. The summed E-state index contributed by atoms with van der Waals surface area (Å²) in [6, 6.07) is 1.84. The number of hydrogen-bond acceptors (Lipinski definition) is 5. The Balaban J connectivity index is 1.95. The molecular weight excluding hydrogens is 254 g/mol. The van der Waals surface area contributed by atoms with E-state index in [4.69, 9.17) is 4.74 Å². The fourth-order valence-electron chi connectivity index (χ4n) is 2.86. The lowest BCUT2D eigenvalue weighted by Crippen LogP contribution is -2.29. The molecule has 0 spiro atoms. The van der Waals surface area contributed by atoms with Gasteiger partial charge in [0.25, 0.3) is 0 Å². The van der Waals surface area contributed by atoms with Gasteiger partial charge in [0.2, 0.25) is 11.8 Å². The number of rotatable bonds is 6. The molecule has 2 atom stereocenters. The third-order valence-electron chi connectivity index (χ3n) is 3.95. The summed E-state index contributed by atoms with van der Waals surface area (Å²) in [6.07, 6.45) is 4.78. The van der Waals surface area contributed by atoms with Gasteiger partial charge in [-0.15, -0.1) is 0 Å². The Bertz CT molecular complexity index is 426. The van der Waals surface area contributed by atoms with Crippen LogP contribution in [0.15, 0.2) is 6.07 Å². The first-order chi connectivity index (χ1) is 9.72. The molecule has 5 heteroatoms. The minimum atomic E-state index is 0.283. The highest BCUT2D eigenvalue weighted by molar-refractivity contribution is 5.30. The van der Waals surface area contributed by atoms with Gasteiger partial charge in [-0.3, -0.25) is 0 Å². The van der Waals surface area contributed by atoms with Crippen LogP contribution in [0.25, 0.3) is 0 Å². The van der Waals surface area contributed by atoms with Crippen LogP contribution in [-0.2, 0) is 0 Å². The Morgan fingerprint density at radius 3 is 2.75 bits per heavy atom. The van der Waals surface area contributed by atoms with Gasteiger partial charge in [0.05, 0.1) is 6.61 Å². The number of aliphatic hydroxyl groups is 1. The largest absolute Gasteiger partial charge is 0.478 e. The van der Waals surface area contributed by atoms with E-state index in [1.54, 1.807) is 0 Å². The summed E-state index contributed by atoms with van der Waals surface area (Å²) in [5, 5.41) is 12.7. The normalized spacial score (nSPS) is 22.6. The number of anilines is 1. The molecule has 0 aromatic carbocycles. The van der Waals surface area contributed by atoms with Crippen molar-refractivity contribution in [3.05, 3.63) is 11.8 Å². The molecule has 1 heterocycles. The molecule has 2 unspecified atom stereocenters. The highest BCUT2D eigenvalue weighted by Gasteiger charge is 2.24. The average molecular weight is 279 g/mol. The molecular formula is C15H25N3O2. The van der Waals surface area contributed by atoms with Crippen molar-refractivity contribution >= 4 is 5.95 Å². The van der Waals surface area contributed by atoms with Crippen molar-refractivity contribution < 1.29 is 9.84 Å². The first kappa shape index (κ1) is 15.0. The van der Waals surface area contributed by atoms with Crippen molar-refractivity contribution in [3.63, 3.8) is 0 Å². The van der Waals surface area contributed by atoms with Crippen LogP contribution in [0.1, 0.15) is 38.3 Å². The molecule has 0 aliphatic heterocycles. The maximum Gasteiger partial charge on any atom is 0.226 e. The van der Waals surface area contributed by atoms with Gasteiger partial charge in [-0.1, -0.05) is 12.8 Å². The summed E-state index contributed by atoms with van der Waals surface area (Å²) < 4.78 is 5.43. The van der Waals surface area contributed by atoms with Gasteiger partial charge in [-0.05, 0) is 38.5 Å². The summed E-state index contributed by atoms with van der Waals surface area (Å²) in [5.74, 6) is 2.15. The lowest BCUT2D eigenvalue weighted by molar-refractivity contribution is 0.141. The molecule has 1 fully saturated rings. The van der Waals surface area contributed by atoms with Crippen LogP contribution in [0.4, 0.5) is 5.95 Å². The van der Waals surface area contributed by atoms with E-state index in [-0.39, 0.29) is 6.61 Å². The van der Waals surface area contributed by atoms with E-state index in [1.807, 2.05) is 19.9 Å². The second-order valence-electron chi connectivity index (χ2n) is 5.47. The molecule has 0 saturated heterocycles. The maximum absolute atomic E-state index is 9.44. The van der Waals surface area contributed by atoms with E-state index in [0.717, 1.165) is 18.7 Å². The van der Waals surface area contributed by atoms with Crippen molar-refractivity contribution in [1.82, 2.24) is 9.97 Å². The molecule has 0 amide bonds. The Labute approximate surface area is 120 Å². The number of ether oxygens (including phenoxy) is 1. The summed E-state index contributed by atoms with van der Waals surface area (Å²) in [6.45, 7) is 5.58. The van der Waals surface area contributed by atoms with Gasteiger partial charge in [-0.25, -0.2) is 4.98 Å². The van der Waals surface area contributed by atoms with Crippen molar-refractivity contribution in [2.45, 2.75) is 39.5 Å². The van der Waals surface area contributed by atoms with Crippen LogP contribution in [0, 0.1) is 18.8 Å². The maximum atomic E-state index is 9.44. The predicted octanol–water partition coefficient (Wildman–Crippen LogP) is 2.39. The van der Waals surface area contributed by atoms with Crippen LogP contribution in [0.5, 0.6) is 5.88 Å². The number of hydrogen-bond donors (Lipinski definition) is 2. The molecule has 2 N–H and O–H groups in total. The third kappa shape index (κ3) is 4.07. The minimum Gasteiger partial charge on any atom is -0.478 e. The van der Waals surface area contributed by atoms with Gasteiger partial charge in [-0.2, -0.15) is 4.98 Å². The van der Waals surface area contributed by atoms with Gasteiger partial charge in [0, 0.05) is 24.9 Å². The Morgan fingerprint density at radius 1 is 1.30 bits per heavy atom. The van der Waals surface area contributed by atoms with Crippen molar-refractivity contribution in [2.24, 2.45) is 11.8 Å². The summed E-state index contributed by atoms with van der Waals surface area (Å²) in [7, 11) is 0. The van der Waals surface area contributed by atoms with Crippen LogP contribution in [-0.4, -0.2) is 34.8 Å². The molecule has 2 rings (SSSR count). The third-order valence-corrected chi connectivity index (χ3v) is 3.95. The lowest BCUT2D eigenvalue weighted by Gasteiger charge is -2.30. The first-order valence-corrected chi connectivity index (χ1v) is 7.56. The van der Waals surface area contributed by atoms with E-state index in [9.17, 15) is 5.11 Å². The Morgan fingerprint density at radius 2 is 2.05 bits per heavy atom. The summed E-state index contributed by atoms with van der Waals surface area (Å²) >= 11 is 0. The van der Waals surface area contributed by atoms with E-state index in [0.29, 0.717) is 30.3 Å². The molecule has 1 aromatic rings. The molecule has 0 bridgehead atoms. The van der Waals surface area contributed by atoms with Crippen LogP contribution < -0.4 is 10.1 Å². The molecule has 1 aliphatic rings. The number of aryl methyl sites for hydroxylation is 1. The fraction of sp³-hybridized carbons (Fsp3) is 0.733. The number of nitrogens with zero attached hydrogens (tertiary/aromatic N) is 2. The number of nitrogens with one attached hydrogen (secondary N) is 1. The Kier molecular flexibility index (Phi) is 5.59. The number of aliphatic hydroxyl groups excluding tert-OH is 1. The van der Waals surface area contributed by atoms with Crippen LogP contribution >= 0.6 is 0 Å². The molecule has 5 nitrogen and oxygen atoms in total. The summed E-state index contributed by atoms with van der Waals surface area (Å²) in [4.78, 5) is 8.74. The molecule has 112 valence electrons. The topological polar surface area (TPSA) is 67.3 Å². The zero-order valence-electron chi connectivity index (χ0n) is 12.4. The fourth-order valence-corrected chi connectivity index (χ4v) is 2.86. The molecule has 0 radical (unpaired) electrons. The van der Waals surface area contributed by atoms with E-state index >= 15 is 0 Å². The van der Waals surface area contributed by atoms with Crippen LogP contribution in [0.2, 0.25) is 0 Å². The van der Waals surface area contributed by atoms with Crippen molar-refractivity contribution in [2.75, 3.05) is 25.1 Å². The monoisotopic (exact) mass is 279 g/mol. The minimum absolute atomic E-state index is 0.283. The smallest absolute Gasteiger partial charge is 0.226 e. The van der Waals surface area contributed by atoms with E-state index in [2.05, 4.69) is 15.3 Å². The highest BCUT2D eigenvalue weighted by atomic mass is 16.5. The second kappa shape index (κ2) is 7.43. The average Bonchev–Trinajstić information content (AvgIpc) is 2.45. The summed E-state index contributed by atoms with van der Waals surface area (Å²) in [5.41, 5.74) is 0.897. The molecule has 1 aliphatic carbocycles. The molecule has 1 aromatic heterocycles. The second-order valence-corrected chi connectivity index (χ2v) is 5.47. The highest BCUT2D eigenvalue weighted by Crippen LogP contribution is 2.29. The van der Waals surface area contributed by atoms with Gasteiger partial charge < -0.3 is 15.2 Å². The molecule has 20 heavy (non-hydrogen) atoms. The standard InChI is InChI=1S/C15H25N3O2/c1-3-20-14-8-11(2)17-15(18-14)16-9-12-6-4-5-7-13(12)10-19/h8,12-13,19H,3-7,9-10H2,1-2H3,(H,16,17,18). The molecule has 1 saturated carbocycles. The zero-order valence-corrected chi connectivity index (χ0v) is 12.4.